The lowest BCUT2D eigenvalue weighted by atomic mass is 10.00. The van der Waals surface area contributed by atoms with Gasteiger partial charge in [0.15, 0.2) is 0 Å². The second-order valence-corrected chi connectivity index (χ2v) is 3.66. The third-order valence-electron chi connectivity index (χ3n) is 2.51. The van der Waals surface area contributed by atoms with Gasteiger partial charge in [0, 0.05) is 6.20 Å². The zero-order valence-corrected chi connectivity index (χ0v) is 8.89. The Labute approximate surface area is 93.1 Å². The summed E-state index contributed by atoms with van der Waals surface area (Å²) < 4.78 is 13.1. The Kier molecular flexibility index (Phi) is 2.92. The Bertz CT molecular complexity index is 485. The first-order chi connectivity index (χ1) is 7.68. The molecular weight excluding hydrogens is 205 g/mol. The largest absolute Gasteiger partial charge is 0.320 e. The molecule has 0 aliphatic rings. The topological polar surface area (TPSA) is 51.8 Å². The highest BCUT2D eigenvalue weighted by Crippen LogP contribution is 2.20. The molecule has 0 spiro atoms. The molecule has 2 rings (SSSR count). The summed E-state index contributed by atoms with van der Waals surface area (Å²) in [5, 5.41) is 7.45. The van der Waals surface area contributed by atoms with Gasteiger partial charge in [-0.2, -0.15) is 10.2 Å². The third kappa shape index (κ3) is 2.06. The van der Waals surface area contributed by atoms with Crippen LogP contribution in [0.2, 0.25) is 0 Å². The van der Waals surface area contributed by atoms with E-state index in [2.05, 4.69) is 10.2 Å². The van der Waals surface area contributed by atoms with Crippen LogP contribution < -0.4 is 5.73 Å². The monoisotopic (exact) mass is 217 g/mol. The molecule has 1 aromatic carbocycles. The van der Waals surface area contributed by atoms with E-state index in [1.807, 2.05) is 0 Å². The molecule has 0 aliphatic heterocycles. The van der Waals surface area contributed by atoms with E-state index < -0.39 is 0 Å². The zero-order valence-electron chi connectivity index (χ0n) is 8.89. The molecule has 4 heteroatoms. The Hall–Kier alpha value is -1.81. The van der Waals surface area contributed by atoms with Gasteiger partial charge in [-0.3, -0.25) is 0 Å². The van der Waals surface area contributed by atoms with Gasteiger partial charge in [-0.15, -0.1) is 0 Å². The number of rotatable bonds is 2. The molecule has 2 N–H and O–H groups in total. The van der Waals surface area contributed by atoms with Gasteiger partial charge in [0.2, 0.25) is 0 Å². The molecule has 0 saturated carbocycles. The van der Waals surface area contributed by atoms with Gasteiger partial charge in [-0.05, 0) is 35.7 Å². The van der Waals surface area contributed by atoms with Gasteiger partial charge in [0.1, 0.15) is 5.82 Å². The number of benzene rings is 1. The smallest absolute Gasteiger partial charge is 0.126 e. The van der Waals surface area contributed by atoms with Crippen LogP contribution in [0.5, 0.6) is 0 Å². The summed E-state index contributed by atoms with van der Waals surface area (Å²) in [4.78, 5) is 0. The third-order valence-corrected chi connectivity index (χ3v) is 2.51. The maximum Gasteiger partial charge on any atom is 0.126 e. The van der Waals surface area contributed by atoms with Gasteiger partial charge in [-0.1, -0.05) is 12.1 Å². The molecule has 1 unspecified atom stereocenters. The molecular formula is C12H12FN3. The lowest BCUT2D eigenvalue weighted by Crippen LogP contribution is -2.12. The number of aryl methyl sites for hydroxylation is 1. The molecule has 0 radical (unpaired) electrons. The molecule has 3 nitrogen and oxygen atoms in total. The molecule has 16 heavy (non-hydrogen) atoms. The second kappa shape index (κ2) is 4.37. The van der Waals surface area contributed by atoms with Gasteiger partial charge >= 0.3 is 0 Å². The van der Waals surface area contributed by atoms with Crippen LogP contribution in [0.15, 0.2) is 36.7 Å². The Morgan fingerprint density at radius 2 is 2.00 bits per heavy atom. The summed E-state index contributed by atoms with van der Waals surface area (Å²) in [6, 6.07) is 6.37. The van der Waals surface area contributed by atoms with Crippen LogP contribution in [0, 0.1) is 12.7 Å². The molecule has 1 atom stereocenters. The highest BCUT2D eigenvalue weighted by atomic mass is 19.1. The average molecular weight is 217 g/mol. The van der Waals surface area contributed by atoms with E-state index in [1.54, 1.807) is 37.5 Å². The van der Waals surface area contributed by atoms with Gasteiger partial charge in [0.05, 0.1) is 12.2 Å². The van der Waals surface area contributed by atoms with Crippen molar-refractivity contribution in [1.29, 1.82) is 0 Å². The quantitative estimate of drug-likeness (QED) is 0.836. The number of hydrogen-bond donors (Lipinski definition) is 1. The first-order valence-electron chi connectivity index (χ1n) is 4.96. The van der Waals surface area contributed by atoms with E-state index in [4.69, 9.17) is 5.73 Å². The van der Waals surface area contributed by atoms with Crippen molar-refractivity contribution in [2.45, 2.75) is 13.0 Å². The summed E-state index contributed by atoms with van der Waals surface area (Å²) >= 11 is 0. The van der Waals surface area contributed by atoms with Crippen molar-refractivity contribution in [2.24, 2.45) is 5.73 Å². The van der Waals surface area contributed by atoms with E-state index in [1.165, 1.54) is 6.07 Å². The maximum atomic E-state index is 13.1. The summed E-state index contributed by atoms with van der Waals surface area (Å²) in [6.45, 7) is 1.72. The van der Waals surface area contributed by atoms with Crippen molar-refractivity contribution in [3.8, 4) is 0 Å². The van der Waals surface area contributed by atoms with Gasteiger partial charge in [-0.25, -0.2) is 4.39 Å². The molecule has 1 aromatic heterocycles. The van der Waals surface area contributed by atoms with Crippen molar-refractivity contribution < 1.29 is 4.39 Å². The Morgan fingerprint density at radius 1 is 1.19 bits per heavy atom. The van der Waals surface area contributed by atoms with E-state index in [9.17, 15) is 4.39 Å². The first-order valence-corrected chi connectivity index (χ1v) is 4.96. The van der Waals surface area contributed by atoms with E-state index in [-0.39, 0.29) is 11.9 Å². The normalized spacial score (nSPS) is 12.4. The van der Waals surface area contributed by atoms with Crippen molar-refractivity contribution in [1.82, 2.24) is 10.2 Å². The number of nitrogens with zero attached hydrogens (tertiary/aromatic N) is 2. The standard InChI is InChI=1S/C12H12FN3/c1-8-6-9(2-3-11(8)13)12(14)10-4-5-15-16-7-10/h2-7,12H,14H2,1H3. The summed E-state index contributed by atoms with van der Waals surface area (Å²) in [5.41, 5.74) is 8.37. The van der Waals surface area contributed by atoms with Crippen molar-refractivity contribution in [2.75, 3.05) is 0 Å². The SMILES string of the molecule is Cc1cc(C(N)c2ccnnc2)ccc1F. The molecule has 1 heterocycles. The lowest BCUT2D eigenvalue weighted by Gasteiger charge is -2.12. The fraction of sp³-hybridized carbons (Fsp3) is 0.167. The second-order valence-electron chi connectivity index (χ2n) is 3.66. The van der Waals surface area contributed by atoms with Gasteiger partial charge in [0.25, 0.3) is 0 Å². The lowest BCUT2D eigenvalue weighted by molar-refractivity contribution is 0.617. The molecule has 0 amide bonds. The summed E-state index contributed by atoms with van der Waals surface area (Å²) in [5.74, 6) is -0.219. The van der Waals surface area contributed by atoms with Crippen LogP contribution in [-0.2, 0) is 0 Å². The highest BCUT2D eigenvalue weighted by molar-refractivity contribution is 5.32. The molecule has 0 saturated heterocycles. The fourth-order valence-corrected chi connectivity index (χ4v) is 1.54. The zero-order chi connectivity index (χ0) is 11.5. The summed E-state index contributed by atoms with van der Waals surface area (Å²) in [7, 11) is 0. The number of halogens is 1. The Balaban J connectivity index is 2.34. The van der Waals surface area contributed by atoms with Crippen LogP contribution in [0.1, 0.15) is 22.7 Å². The maximum absolute atomic E-state index is 13.1. The fourth-order valence-electron chi connectivity index (χ4n) is 1.54. The first kappa shape index (κ1) is 10.7. The van der Waals surface area contributed by atoms with E-state index in [0.29, 0.717) is 5.56 Å². The van der Waals surface area contributed by atoms with Crippen LogP contribution in [0.25, 0.3) is 0 Å². The highest BCUT2D eigenvalue weighted by Gasteiger charge is 2.10. The predicted octanol–water partition coefficient (Wildman–Crippen LogP) is 1.97. The predicted molar refractivity (Wildman–Crippen MR) is 59.2 cm³/mol. The molecule has 82 valence electrons. The summed E-state index contributed by atoms with van der Waals surface area (Å²) in [6.07, 6.45) is 3.20. The van der Waals surface area contributed by atoms with Crippen LogP contribution in [0.4, 0.5) is 4.39 Å². The molecule has 0 bridgehead atoms. The van der Waals surface area contributed by atoms with Crippen LogP contribution >= 0.6 is 0 Å². The minimum absolute atomic E-state index is 0.219. The van der Waals surface area contributed by atoms with E-state index >= 15 is 0 Å². The minimum Gasteiger partial charge on any atom is -0.320 e. The molecule has 0 fully saturated rings. The average Bonchev–Trinajstić information content (AvgIpc) is 2.33. The molecule has 0 aliphatic carbocycles. The number of aromatic nitrogens is 2. The van der Waals surface area contributed by atoms with Crippen LogP contribution in [0.3, 0.4) is 0 Å². The minimum atomic E-state index is -0.296. The van der Waals surface area contributed by atoms with Crippen molar-refractivity contribution in [3.05, 3.63) is 59.2 Å². The van der Waals surface area contributed by atoms with E-state index in [0.717, 1.165) is 11.1 Å². The Morgan fingerprint density at radius 3 is 2.62 bits per heavy atom. The van der Waals surface area contributed by atoms with Crippen molar-refractivity contribution in [3.63, 3.8) is 0 Å². The van der Waals surface area contributed by atoms with Crippen LogP contribution in [-0.4, -0.2) is 10.2 Å². The van der Waals surface area contributed by atoms with Gasteiger partial charge < -0.3 is 5.73 Å². The number of nitrogens with two attached hydrogens (primary N) is 1. The van der Waals surface area contributed by atoms with Crippen molar-refractivity contribution >= 4 is 0 Å². The number of hydrogen-bond acceptors (Lipinski definition) is 3. The molecule has 2 aromatic rings.